The molecule has 0 bridgehead atoms. The topological polar surface area (TPSA) is 47.0 Å². The fraction of sp³-hybridized carbons (Fsp3) is 0.222. The van der Waals surface area contributed by atoms with E-state index in [1.165, 1.54) is 0 Å². The molecule has 0 aliphatic heterocycles. The minimum absolute atomic E-state index is 0.406. The van der Waals surface area contributed by atoms with Crippen molar-refractivity contribution >= 4 is 38.2 Å². The maximum atomic E-state index is 5.95. The first-order chi connectivity index (χ1) is 11.6. The molecule has 0 aliphatic carbocycles. The number of halogens is 1. The predicted molar refractivity (Wildman–Crippen MR) is 102 cm³/mol. The van der Waals surface area contributed by atoms with E-state index in [4.69, 9.17) is 4.74 Å². The molecule has 0 unspecified atom stereocenters. The van der Waals surface area contributed by atoms with Gasteiger partial charge in [-0.3, -0.25) is 0 Å². The van der Waals surface area contributed by atoms with E-state index in [0.29, 0.717) is 24.1 Å². The van der Waals surface area contributed by atoms with Crippen LogP contribution in [-0.2, 0) is 6.61 Å². The Kier molecular flexibility index (Phi) is 5.48. The van der Waals surface area contributed by atoms with Crippen molar-refractivity contribution < 1.29 is 4.74 Å². The first-order valence-corrected chi connectivity index (χ1v) is 9.34. The highest BCUT2D eigenvalue weighted by atomic mass is 79.9. The molecule has 4 nitrogen and oxygen atoms in total. The minimum Gasteiger partial charge on any atom is -0.485 e. The Bertz CT molecular complexity index is 805. The van der Waals surface area contributed by atoms with Gasteiger partial charge in [-0.05, 0) is 33.5 Å². The SMILES string of the molecule is CC(C)c1csc(Nc2ncc(Br)cc2OCc2ccccc2)n1. The molecule has 0 atom stereocenters. The van der Waals surface area contributed by atoms with E-state index in [0.717, 1.165) is 20.9 Å². The van der Waals surface area contributed by atoms with Gasteiger partial charge in [0.05, 0.1) is 5.69 Å². The molecular weight excluding hydrogens is 386 g/mol. The van der Waals surface area contributed by atoms with E-state index < -0.39 is 0 Å². The van der Waals surface area contributed by atoms with Crippen molar-refractivity contribution in [3.05, 3.63) is 63.7 Å². The third kappa shape index (κ3) is 4.33. The van der Waals surface area contributed by atoms with Crippen LogP contribution in [-0.4, -0.2) is 9.97 Å². The lowest BCUT2D eigenvalue weighted by molar-refractivity contribution is 0.306. The molecule has 1 aromatic carbocycles. The maximum absolute atomic E-state index is 5.95. The van der Waals surface area contributed by atoms with Crippen molar-refractivity contribution in [1.82, 2.24) is 9.97 Å². The first kappa shape index (κ1) is 16.9. The zero-order valence-electron chi connectivity index (χ0n) is 13.5. The molecule has 0 fully saturated rings. The van der Waals surface area contributed by atoms with Gasteiger partial charge in [0.1, 0.15) is 6.61 Å². The summed E-state index contributed by atoms with van der Waals surface area (Å²) in [5.74, 6) is 1.76. The van der Waals surface area contributed by atoms with Crippen molar-refractivity contribution in [2.24, 2.45) is 0 Å². The number of benzene rings is 1. The highest BCUT2D eigenvalue weighted by Gasteiger charge is 2.11. The lowest BCUT2D eigenvalue weighted by atomic mass is 10.2. The summed E-state index contributed by atoms with van der Waals surface area (Å²) in [7, 11) is 0. The number of thiazole rings is 1. The third-order valence-corrected chi connectivity index (χ3v) is 4.60. The monoisotopic (exact) mass is 403 g/mol. The van der Waals surface area contributed by atoms with Gasteiger partial charge in [0.25, 0.3) is 0 Å². The van der Waals surface area contributed by atoms with Gasteiger partial charge in [0.15, 0.2) is 16.7 Å². The zero-order valence-corrected chi connectivity index (χ0v) is 15.9. The molecule has 2 heterocycles. The number of hydrogen-bond donors (Lipinski definition) is 1. The van der Waals surface area contributed by atoms with Crippen molar-refractivity contribution in [2.75, 3.05) is 5.32 Å². The van der Waals surface area contributed by atoms with Crippen LogP contribution in [0.5, 0.6) is 5.75 Å². The molecule has 24 heavy (non-hydrogen) atoms. The summed E-state index contributed by atoms with van der Waals surface area (Å²) in [5.41, 5.74) is 2.19. The van der Waals surface area contributed by atoms with Crippen LogP contribution in [0.2, 0.25) is 0 Å². The summed E-state index contributed by atoms with van der Waals surface area (Å²) >= 11 is 5.02. The Hall–Kier alpha value is -1.92. The number of nitrogens with one attached hydrogen (secondary N) is 1. The highest BCUT2D eigenvalue weighted by Crippen LogP contribution is 2.31. The summed E-state index contributed by atoms with van der Waals surface area (Å²) in [6, 6.07) is 12.0. The average molecular weight is 404 g/mol. The molecule has 0 radical (unpaired) electrons. The Morgan fingerprint density at radius 1 is 1.25 bits per heavy atom. The number of ether oxygens (including phenoxy) is 1. The van der Waals surface area contributed by atoms with Gasteiger partial charge in [0.2, 0.25) is 0 Å². The van der Waals surface area contributed by atoms with Gasteiger partial charge < -0.3 is 10.1 Å². The molecule has 0 aliphatic rings. The Labute approximate surface area is 154 Å². The molecule has 6 heteroatoms. The molecule has 0 saturated heterocycles. The maximum Gasteiger partial charge on any atom is 0.188 e. The van der Waals surface area contributed by atoms with Gasteiger partial charge in [0, 0.05) is 16.0 Å². The largest absolute Gasteiger partial charge is 0.485 e. The summed E-state index contributed by atoms with van der Waals surface area (Å²) in [5, 5.41) is 6.15. The quantitative estimate of drug-likeness (QED) is 0.569. The normalized spacial score (nSPS) is 10.8. The Balaban J connectivity index is 1.77. The second kappa shape index (κ2) is 7.77. The van der Waals surface area contributed by atoms with Crippen molar-refractivity contribution in [3.8, 4) is 5.75 Å². The van der Waals surface area contributed by atoms with Gasteiger partial charge in [-0.15, -0.1) is 11.3 Å². The van der Waals surface area contributed by atoms with Crippen molar-refractivity contribution in [2.45, 2.75) is 26.4 Å². The van der Waals surface area contributed by atoms with Gasteiger partial charge >= 0.3 is 0 Å². The van der Waals surface area contributed by atoms with Crippen LogP contribution < -0.4 is 10.1 Å². The molecule has 3 rings (SSSR count). The molecule has 2 aromatic heterocycles. The lowest BCUT2D eigenvalue weighted by Gasteiger charge is -2.11. The van der Waals surface area contributed by atoms with Crippen LogP contribution in [0.1, 0.15) is 31.0 Å². The van der Waals surface area contributed by atoms with Gasteiger partial charge in [-0.25, -0.2) is 9.97 Å². The Morgan fingerprint density at radius 2 is 2.04 bits per heavy atom. The van der Waals surface area contributed by atoms with E-state index in [2.05, 4.69) is 50.4 Å². The average Bonchev–Trinajstić information content (AvgIpc) is 3.05. The molecule has 0 amide bonds. The predicted octanol–water partition coefficient (Wildman–Crippen LogP) is 5.75. The lowest BCUT2D eigenvalue weighted by Crippen LogP contribution is -2.01. The van der Waals surface area contributed by atoms with Crippen molar-refractivity contribution in [3.63, 3.8) is 0 Å². The van der Waals surface area contributed by atoms with E-state index >= 15 is 0 Å². The Morgan fingerprint density at radius 3 is 2.75 bits per heavy atom. The molecule has 124 valence electrons. The summed E-state index contributed by atoms with van der Waals surface area (Å²) in [6.07, 6.45) is 1.74. The fourth-order valence-electron chi connectivity index (χ4n) is 2.07. The summed E-state index contributed by atoms with van der Waals surface area (Å²) < 4.78 is 6.83. The molecule has 0 spiro atoms. The number of pyridine rings is 1. The van der Waals surface area contributed by atoms with Crippen molar-refractivity contribution in [1.29, 1.82) is 0 Å². The summed E-state index contributed by atoms with van der Waals surface area (Å²) in [4.78, 5) is 9.01. The number of hydrogen-bond acceptors (Lipinski definition) is 5. The van der Waals surface area contributed by atoms with Crippen LogP contribution in [0.3, 0.4) is 0 Å². The number of nitrogens with zero attached hydrogens (tertiary/aromatic N) is 2. The van der Waals surface area contributed by atoms with E-state index in [9.17, 15) is 0 Å². The van der Waals surface area contributed by atoms with Crippen LogP contribution in [0.4, 0.5) is 10.9 Å². The number of rotatable bonds is 6. The minimum atomic E-state index is 0.406. The first-order valence-electron chi connectivity index (χ1n) is 7.66. The molecule has 1 N–H and O–H groups in total. The zero-order chi connectivity index (χ0) is 16.9. The highest BCUT2D eigenvalue weighted by molar-refractivity contribution is 9.10. The summed E-state index contributed by atoms with van der Waals surface area (Å²) in [6.45, 7) is 4.75. The van der Waals surface area contributed by atoms with E-state index in [-0.39, 0.29) is 0 Å². The van der Waals surface area contributed by atoms with Crippen LogP contribution >= 0.6 is 27.3 Å². The van der Waals surface area contributed by atoms with Crippen LogP contribution in [0.25, 0.3) is 0 Å². The third-order valence-electron chi connectivity index (χ3n) is 3.40. The second-order valence-corrected chi connectivity index (χ2v) is 7.41. The second-order valence-electron chi connectivity index (χ2n) is 5.63. The molecular formula is C18H18BrN3OS. The molecule has 3 aromatic rings. The van der Waals surface area contributed by atoms with E-state index in [1.807, 2.05) is 36.4 Å². The smallest absolute Gasteiger partial charge is 0.188 e. The van der Waals surface area contributed by atoms with Gasteiger partial charge in [-0.1, -0.05) is 44.2 Å². The van der Waals surface area contributed by atoms with Gasteiger partial charge in [-0.2, -0.15) is 0 Å². The number of aromatic nitrogens is 2. The fourth-order valence-corrected chi connectivity index (χ4v) is 3.25. The molecule has 0 saturated carbocycles. The number of anilines is 2. The van der Waals surface area contributed by atoms with Crippen LogP contribution in [0.15, 0.2) is 52.4 Å². The van der Waals surface area contributed by atoms with E-state index in [1.54, 1.807) is 17.5 Å². The standard InChI is InChI=1S/C18H18BrN3OS/c1-12(2)15-11-24-18(21-15)22-17-16(8-14(19)9-20-17)23-10-13-6-4-3-5-7-13/h3-9,11-12H,10H2,1-2H3,(H,20,21,22). The van der Waals surface area contributed by atoms with Crippen LogP contribution in [0, 0.1) is 0 Å².